The summed E-state index contributed by atoms with van der Waals surface area (Å²) in [6, 6.07) is 14.2. The summed E-state index contributed by atoms with van der Waals surface area (Å²) in [6.07, 6.45) is 10.0. The molecule has 2 atom stereocenters. The fraction of sp³-hybridized carbons (Fsp3) is 0.259. The molecule has 4 heterocycles. The lowest BCUT2D eigenvalue weighted by Gasteiger charge is -2.37. The SMILES string of the molecule is NC(=O)c1ccc2c(c1)c(-c1ccc3nccn3c1)nn2C1CCCC(O)(Cn2ccccc2=O)C1. The van der Waals surface area contributed by atoms with Crippen LogP contribution in [0.5, 0.6) is 0 Å². The maximum Gasteiger partial charge on any atom is 0.250 e. The Labute approximate surface area is 206 Å². The van der Waals surface area contributed by atoms with Crippen LogP contribution in [0.15, 0.2) is 78.1 Å². The molecule has 1 aliphatic rings. The lowest BCUT2D eigenvalue weighted by molar-refractivity contribution is -0.0292. The summed E-state index contributed by atoms with van der Waals surface area (Å²) in [5.74, 6) is -0.499. The number of nitrogens with zero attached hydrogens (tertiary/aromatic N) is 5. The average molecular weight is 483 g/mol. The minimum atomic E-state index is -1.03. The summed E-state index contributed by atoms with van der Waals surface area (Å²) >= 11 is 0. The van der Waals surface area contributed by atoms with Crippen LogP contribution in [0, 0.1) is 0 Å². The van der Waals surface area contributed by atoms with Gasteiger partial charge < -0.3 is 19.8 Å². The van der Waals surface area contributed by atoms with Gasteiger partial charge in [0.2, 0.25) is 5.91 Å². The zero-order valence-electron chi connectivity index (χ0n) is 19.6. The van der Waals surface area contributed by atoms with Crippen molar-refractivity contribution in [3.63, 3.8) is 0 Å². The van der Waals surface area contributed by atoms with Crippen LogP contribution < -0.4 is 11.3 Å². The number of aliphatic hydroxyl groups is 1. The zero-order chi connectivity index (χ0) is 24.9. The highest BCUT2D eigenvalue weighted by atomic mass is 16.3. The molecule has 4 aromatic heterocycles. The van der Waals surface area contributed by atoms with Gasteiger partial charge in [0.05, 0.1) is 23.7 Å². The smallest absolute Gasteiger partial charge is 0.250 e. The van der Waals surface area contributed by atoms with Gasteiger partial charge in [0.25, 0.3) is 5.56 Å². The number of amides is 1. The molecule has 9 nitrogen and oxygen atoms in total. The monoisotopic (exact) mass is 482 g/mol. The van der Waals surface area contributed by atoms with Crippen molar-refractivity contribution in [1.82, 2.24) is 23.7 Å². The third-order valence-electron chi connectivity index (χ3n) is 7.16. The lowest BCUT2D eigenvalue weighted by atomic mass is 9.81. The van der Waals surface area contributed by atoms with E-state index in [-0.39, 0.29) is 18.1 Å². The van der Waals surface area contributed by atoms with Crippen LogP contribution in [0.25, 0.3) is 27.8 Å². The Balaban J connectivity index is 1.43. The van der Waals surface area contributed by atoms with E-state index in [0.717, 1.165) is 40.6 Å². The number of rotatable bonds is 5. The van der Waals surface area contributed by atoms with Crippen molar-refractivity contribution < 1.29 is 9.90 Å². The molecule has 182 valence electrons. The molecular formula is C27H26N6O3. The zero-order valence-corrected chi connectivity index (χ0v) is 19.6. The molecule has 0 aliphatic heterocycles. The Bertz CT molecular complexity index is 1670. The van der Waals surface area contributed by atoms with Gasteiger partial charge >= 0.3 is 0 Å². The van der Waals surface area contributed by atoms with Gasteiger partial charge in [-0.05, 0) is 55.7 Å². The molecular weight excluding hydrogens is 456 g/mol. The quantitative estimate of drug-likeness (QED) is 0.399. The predicted molar refractivity (Wildman–Crippen MR) is 136 cm³/mol. The molecule has 1 amide bonds. The molecule has 9 heteroatoms. The molecule has 3 N–H and O–H groups in total. The van der Waals surface area contributed by atoms with Crippen molar-refractivity contribution in [2.45, 2.75) is 43.9 Å². The molecule has 1 saturated carbocycles. The highest BCUT2D eigenvalue weighted by Crippen LogP contribution is 2.39. The van der Waals surface area contributed by atoms with E-state index in [9.17, 15) is 14.7 Å². The molecule has 5 aromatic rings. The largest absolute Gasteiger partial charge is 0.388 e. The molecule has 0 saturated heterocycles. The van der Waals surface area contributed by atoms with Gasteiger partial charge in [0.15, 0.2) is 0 Å². The Hall–Kier alpha value is -4.24. The maximum atomic E-state index is 12.3. The van der Waals surface area contributed by atoms with Crippen molar-refractivity contribution in [3.05, 3.63) is 89.2 Å². The summed E-state index contributed by atoms with van der Waals surface area (Å²) < 4.78 is 5.45. The molecule has 0 spiro atoms. The van der Waals surface area contributed by atoms with E-state index < -0.39 is 11.5 Å². The van der Waals surface area contributed by atoms with Crippen LogP contribution in [0.2, 0.25) is 0 Å². The average Bonchev–Trinajstić information content (AvgIpc) is 3.49. The van der Waals surface area contributed by atoms with Crippen molar-refractivity contribution in [1.29, 1.82) is 0 Å². The fourth-order valence-electron chi connectivity index (χ4n) is 5.42. The number of carbonyl (C=O) groups is 1. The minimum Gasteiger partial charge on any atom is -0.388 e. The number of aromatic nitrogens is 5. The normalized spacial score (nSPS) is 20.2. The van der Waals surface area contributed by atoms with Gasteiger partial charge in [-0.2, -0.15) is 5.10 Å². The molecule has 0 radical (unpaired) electrons. The van der Waals surface area contributed by atoms with Gasteiger partial charge in [-0.3, -0.25) is 14.3 Å². The van der Waals surface area contributed by atoms with Crippen LogP contribution in [0.1, 0.15) is 42.1 Å². The number of pyridine rings is 2. The van der Waals surface area contributed by atoms with Crippen molar-refractivity contribution in [2.75, 3.05) is 0 Å². The van der Waals surface area contributed by atoms with E-state index in [4.69, 9.17) is 10.8 Å². The number of fused-ring (bicyclic) bond motifs is 2. The first kappa shape index (κ1) is 22.2. The Morgan fingerprint density at radius 2 is 2.06 bits per heavy atom. The number of primary amides is 1. The Morgan fingerprint density at radius 3 is 2.89 bits per heavy atom. The van der Waals surface area contributed by atoms with E-state index >= 15 is 0 Å². The molecule has 1 aromatic carbocycles. The number of carbonyl (C=O) groups excluding carboxylic acids is 1. The van der Waals surface area contributed by atoms with Gasteiger partial charge in [0.1, 0.15) is 11.3 Å². The second-order valence-electron chi connectivity index (χ2n) is 9.64. The van der Waals surface area contributed by atoms with Crippen LogP contribution >= 0.6 is 0 Å². The highest BCUT2D eigenvalue weighted by Gasteiger charge is 2.37. The second-order valence-corrected chi connectivity index (χ2v) is 9.64. The third kappa shape index (κ3) is 3.87. The van der Waals surface area contributed by atoms with E-state index in [1.54, 1.807) is 41.2 Å². The summed E-state index contributed by atoms with van der Waals surface area (Å²) in [4.78, 5) is 28.5. The highest BCUT2D eigenvalue weighted by molar-refractivity contribution is 6.01. The van der Waals surface area contributed by atoms with E-state index in [1.807, 2.05) is 39.7 Å². The molecule has 6 rings (SSSR count). The van der Waals surface area contributed by atoms with Crippen LogP contribution in [0.4, 0.5) is 0 Å². The number of hydrogen-bond donors (Lipinski definition) is 2. The van der Waals surface area contributed by atoms with E-state index in [0.29, 0.717) is 18.4 Å². The van der Waals surface area contributed by atoms with Crippen molar-refractivity contribution in [3.8, 4) is 11.3 Å². The van der Waals surface area contributed by atoms with Gasteiger partial charge in [-0.15, -0.1) is 0 Å². The Morgan fingerprint density at radius 1 is 1.17 bits per heavy atom. The summed E-state index contributed by atoms with van der Waals surface area (Å²) in [5.41, 5.74) is 8.15. The maximum absolute atomic E-state index is 12.3. The molecule has 0 bridgehead atoms. The minimum absolute atomic E-state index is 0.0733. The van der Waals surface area contributed by atoms with Crippen molar-refractivity contribution >= 4 is 22.5 Å². The van der Waals surface area contributed by atoms with Gasteiger partial charge in [-0.25, -0.2) is 4.98 Å². The lowest BCUT2D eigenvalue weighted by Crippen LogP contribution is -2.42. The van der Waals surface area contributed by atoms with Gasteiger partial charge in [-0.1, -0.05) is 6.07 Å². The van der Waals surface area contributed by atoms with Gasteiger partial charge in [0, 0.05) is 53.8 Å². The van der Waals surface area contributed by atoms with Crippen LogP contribution in [-0.2, 0) is 6.54 Å². The number of benzene rings is 1. The molecule has 36 heavy (non-hydrogen) atoms. The van der Waals surface area contributed by atoms with E-state index in [2.05, 4.69) is 4.98 Å². The predicted octanol–water partition coefficient (Wildman–Crippen LogP) is 3.16. The summed E-state index contributed by atoms with van der Waals surface area (Å²) in [7, 11) is 0. The standard InChI is InChI=1S/C27H26N6O3/c28-26(35)18-6-8-22-21(14-18)25(19-7-9-23-29-11-13-31(23)16-19)30-33(22)20-4-3-10-27(36,15-20)17-32-12-2-1-5-24(32)34/h1-2,5-9,11-14,16,20,36H,3-4,10,15,17H2,(H2,28,35). The van der Waals surface area contributed by atoms with Crippen LogP contribution in [0.3, 0.4) is 0 Å². The number of imidazole rings is 1. The summed E-state index contributed by atoms with van der Waals surface area (Å²) in [5, 5.41) is 17.4. The van der Waals surface area contributed by atoms with E-state index in [1.165, 1.54) is 6.07 Å². The van der Waals surface area contributed by atoms with Crippen molar-refractivity contribution in [2.24, 2.45) is 5.73 Å². The first-order chi connectivity index (χ1) is 17.4. The third-order valence-corrected chi connectivity index (χ3v) is 7.16. The first-order valence-corrected chi connectivity index (χ1v) is 12.0. The number of hydrogen-bond acceptors (Lipinski definition) is 5. The molecule has 1 fully saturated rings. The number of nitrogens with two attached hydrogens (primary N) is 1. The fourth-order valence-corrected chi connectivity index (χ4v) is 5.42. The summed E-state index contributed by atoms with van der Waals surface area (Å²) in [6.45, 7) is 0.234. The second kappa shape index (κ2) is 8.46. The molecule has 1 aliphatic carbocycles. The van der Waals surface area contributed by atoms with Crippen LogP contribution in [-0.4, -0.2) is 40.3 Å². The first-order valence-electron chi connectivity index (χ1n) is 12.0. The topological polar surface area (TPSA) is 120 Å². The molecule has 2 unspecified atom stereocenters. The Kier molecular flexibility index (Phi) is 5.22.